The van der Waals surface area contributed by atoms with Crippen LogP contribution in [0.15, 0.2) is 23.3 Å². The number of aromatic nitrogens is 1. The highest BCUT2D eigenvalue weighted by molar-refractivity contribution is 7.99. The van der Waals surface area contributed by atoms with Crippen LogP contribution >= 0.6 is 11.8 Å². The molecule has 1 aliphatic carbocycles. The Kier molecular flexibility index (Phi) is 6.92. The molecule has 2 fully saturated rings. The summed E-state index contributed by atoms with van der Waals surface area (Å²) in [6, 6.07) is 4.28. The maximum absolute atomic E-state index is 4.56. The van der Waals surface area contributed by atoms with E-state index in [-0.39, 0.29) is 0 Å². The number of nitrogens with zero attached hydrogens (tertiary/aromatic N) is 4. The monoisotopic (exact) mass is 377 g/mol. The summed E-state index contributed by atoms with van der Waals surface area (Å²) in [5.74, 6) is 3.57. The minimum atomic E-state index is 0.320. The van der Waals surface area contributed by atoms with Gasteiger partial charge >= 0.3 is 0 Å². The van der Waals surface area contributed by atoms with Gasteiger partial charge in [0.1, 0.15) is 0 Å². The Morgan fingerprint density at radius 2 is 2.00 bits per heavy atom. The van der Waals surface area contributed by atoms with Gasteiger partial charge in [-0.2, -0.15) is 11.8 Å². The van der Waals surface area contributed by atoms with Crippen LogP contribution in [0.25, 0.3) is 0 Å². The summed E-state index contributed by atoms with van der Waals surface area (Å²) in [5, 5.41) is 3.73. The lowest BCUT2D eigenvalue weighted by Gasteiger charge is -2.48. The van der Waals surface area contributed by atoms with Gasteiger partial charge < -0.3 is 14.8 Å². The number of rotatable bonds is 5. The van der Waals surface area contributed by atoms with E-state index < -0.39 is 0 Å². The number of hydrogen-bond acceptors (Lipinski definition) is 3. The molecule has 3 rings (SSSR count). The second-order valence-corrected chi connectivity index (χ2v) is 8.98. The molecule has 5 nitrogen and oxygen atoms in total. The van der Waals surface area contributed by atoms with E-state index in [1.54, 1.807) is 0 Å². The quantitative estimate of drug-likeness (QED) is 0.632. The summed E-state index contributed by atoms with van der Waals surface area (Å²) < 4.78 is 2.18. The third-order valence-electron chi connectivity index (χ3n) is 6.07. The molecule has 1 aromatic rings. The average molecular weight is 378 g/mol. The molecule has 0 bridgehead atoms. The molecule has 0 spiro atoms. The van der Waals surface area contributed by atoms with Crippen molar-refractivity contribution in [2.75, 3.05) is 45.2 Å². The molecular formula is C20H35N5S. The molecule has 2 heterocycles. The Balaban J connectivity index is 1.63. The number of nitrogens with one attached hydrogen (secondary N) is 1. The first-order chi connectivity index (χ1) is 12.6. The average Bonchev–Trinajstić information content (AvgIpc) is 3.08. The third-order valence-corrected chi connectivity index (χ3v) is 7.01. The molecule has 1 aromatic heterocycles. The Hall–Kier alpha value is -1.14. The summed E-state index contributed by atoms with van der Waals surface area (Å²) in [6.45, 7) is 4.37. The normalized spacial score (nSPS) is 21.6. The molecule has 1 N–H and O–H groups in total. The van der Waals surface area contributed by atoms with E-state index in [4.69, 9.17) is 0 Å². The van der Waals surface area contributed by atoms with E-state index in [2.05, 4.69) is 68.9 Å². The van der Waals surface area contributed by atoms with Crippen molar-refractivity contribution >= 4 is 17.7 Å². The summed E-state index contributed by atoms with van der Waals surface area (Å²) in [7, 11) is 6.13. The highest BCUT2D eigenvalue weighted by Gasteiger charge is 2.38. The summed E-state index contributed by atoms with van der Waals surface area (Å²) in [5.41, 5.74) is 1.62. The minimum absolute atomic E-state index is 0.320. The van der Waals surface area contributed by atoms with E-state index in [0.29, 0.717) is 5.54 Å². The lowest BCUT2D eigenvalue weighted by Crippen LogP contribution is -2.59. The molecule has 1 aliphatic heterocycles. The maximum atomic E-state index is 4.56. The van der Waals surface area contributed by atoms with Crippen LogP contribution < -0.4 is 5.32 Å². The lowest BCUT2D eigenvalue weighted by molar-refractivity contribution is 0.0621. The number of guanidine groups is 1. The van der Waals surface area contributed by atoms with Gasteiger partial charge in [0.15, 0.2) is 5.96 Å². The van der Waals surface area contributed by atoms with Gasteiger partial charge in [-0.25, -0.2) is 0 Å². The van der Waals surface area contributed by atoms with Gasteiger partial charge in [0, 0.05) is 69.7 Å². The fourth-order valence-corrected chi connectivity index (χ4v) is 5.36. The van der Waals surface area contributed by atoms with Crippen LogP contribution in [0.4, 0.5) is 0 Å². The molecule has 1 saturated heterocycles. The van der Waals surface area contributed by atoms with Crippen molar-refractivity contribution in [3.63, 3.8) is 0 Å². The Morgan fingerprint density at radius 1 is 1.27 bits per heavy atom. The van der Waals surface area contributed by atoms with Gasteiger partial charge in [-0.15, -0.1) is 0 Å². The number of thioether (sulfide) groups is 1. The minimum Gasteiger partial charge on any atom is -0.354 e. The molecule has 0 unspecified atom stereocenters. The van der Waals surface area contributed by atoms with Crippen LogP contribution in [0.3, 0.4) is 0 Å². The molecule has 2 aliphatic rings. The smallest absolute Gasteiger partial charge is 0.193 e. The SMILES string of the molecule is CN=C(NCC1(N2CCSCC2)CCCCC1)N(C)Cc1cccn1C. The third kappa shape index (κ3) is 4.58. The van der Waals surface area contributed by atoms with Crippen LogP contribution in [-0.2, 0) is 13.6 Å². The first-order valence-electron chi connectivity index (χ1n) is 9.99. The van der Waals surface area contributed by atoms with E-state index >= 15 is 0 Å². The molecule has 6 heteroatoms. The number of aliphatic imine (C=N–C) groups is 1. The molecule has 0 aromatic carbocycles. The highest BCUT2D eigenvalue weighted by Crippen LogP contribution is 2.34. The molecule has 26 heavy (non-hydrogen) atoms. The fourth-order valence-electron chi connectivity index (χ4n) is 4.46. The second kappa shape index (κ2) is 9.18. The lowest BCUT2D eigenvalue weighted by atomic mass is 9.80. The molecule has 0 atom stereocenters. The van der Waals surface area contributed by atoms with Gasteiger partial charge in [0.25, 0.3) is 0 Å². The predicted octanol–water partition coefficient (Wildman–Crippen LogP) is 2.78. The van der Waals surface area contributed by atoms with Crippen molar-refractivity contribution in [2.24, 2.45) is 12.0 Å². The van der Waals surface area contributed by atoms with Gasteiger partial charge in [-0.05, 0) is 25.0 Å². The van der Waals surface area contributed by atoms with Crippen molar-refractivity contribution in [3.8, 4) is 0 Å². The zero-order chi connectivity index (χ0) is 18.4. The summed E-state index contributed by atoms with van der Waals surface area (Å²) in [6.07, 6.45) is 8.87. The first kappa shape index (κ1) is 19.6. The predicted molar refractivity (Wildman–Crippen MR) is 113 cm³/mol. The van der Waals surface area contributed by atoms with Gasteiger partial charge in [-0.3, -0.25) is 9.89 Å². The van der Waals surface area contributed by atoms with Gasteiger partial charge in [-0.1, -0.05) is 19.3 Å². The molecule has 146 valence electrons. The highest BCUT2D eigenvalue weighted by atomic mass is 32.2. The van der Waals surface area contributed by atoms with Crippen LogP contribution in [-0.4, -0.2) is 71.1 Å². The van der Waals surface area contributed by atoms with Crippen molar-refractivity contribution in [1.29, 1.82) is 0 Å². The van der Waals surface area contributed by atoms with Crippen LogP contribution in [0.1, 0.15) is 37.8 Å². The van der Waals surface area contributed by atoms with Crippen molar-refractivity contribution in [3.05, 3.63) is 24.0 Å². The zero-order valence-electron chi connectivity index (χ0n) is 16.7. The summed E-state index contributed by atoms with van der Waals surface area (Å²) >= 11 is 2.10. The number of hydrogen-bond donors (Lipinski definition) is 1. The largest absolute Gasteiger partial charge is 0.354 e. The van der Waals surface area contributed by atoms with E-state index in [1.807, 2.05) is 7.05 Å². The van der Waals surface area contributed by atoms with Crippen molar-refractivity contribution in [1.82, 2.24) is 19.7 Å². The molecular weight excluding hydrogens is 342 g/mol. The fraction of sp³-hybridized carbons (Fsp3) is 0.750. The van der Waals surface area contributed by atoms with E-state index in [1.165, 1.54) is 62.4 Å². The molecule has 0 radical (unpaired) electrons. The Bertz CT molecular complexity index is 585. The van der Waals surface area contributed by atoms with Crippen LogP contribution in [0.2, 0.25) is 0 Å². The summed E-state index contributed by atoms with van der Waals surface area (Å²) in [4.78, 5) is 9.57. The van der Waals surface area contributed by atoms with Gasteiger partial charge in [0.2, 0.25) is 0 Å². The van der Waals surface area contributed by atoms with Crippen molar-refractivity contribution in [2.45, 2.75) is 44.2 Å². The Morgan fingerprint density at radius 3 is 2.62 bits per heavy atom. The Labute approximate surface area is 163 Å². The standard InChI is InChI=1S/C20H35N5S/c1-21-19(24(3)16-18-8-7-11-23(18)2)22-17-20(9-5-4-6-10-20)25-12-14-26-15-13-25/h7-8,11H,4-6,9-10,12-17H2,1-3H3,(H,21,22). The molecule has 1 saturated carbocycles. The van der Waals surface area contributed by atoms with E-state index in [0.717, 1.165) is 19.0 Å². The molecule has 0 amide bonds. The van der Waals surface area contributed by atoms with E-state index in [9.17, 15) is 0 Å². The second-order valence-electron chi connectivity index (χ2n) is 7.75. The number of aryl methyl sites for hydroxylation is 1. The van der Waals surface area contributed by atoms with Gasteiger partial charge in [0.05, 0.1) is 6.54 Å². The van der Waals surface area contributed by atoms with Crippen molar-refractivity contribution < 1.29 is 0 Å². The topological polar surface area (TPSA) is 35.8 Å². The first-order valence-corrected chi connectivity index (χ1v) is 11.1. The van der Waals surface area contributed by atoms with Crippen LogP contribution in [0, 0.1) is 0 Å². The maximum Gasteiger partial charge on any atom is 0.193 e. The van der Waals surface area contributed by atoms with Crippen LogP contribution in [0.5, 0.6) is 0 Å². The zero-order valence-corrected chi connectivity index (χ0v) is 17.5.